The minimum atomic E-state index is -0.511. The Kier molecular flexibility index (Phi) is 6.41. The minimum Gasteiger partial charge on any atom is -0.396 e. The van der Waals surface area contributed by atoms with Gasteiger partial charge in [0.05, 0.1) is 12.1 Å². The number of hydrogen-bond acceptors (Lipinski definition) is 3. The molecule has 0 aliphatic heterocycles. The van der Waals surface area contributed by atoms with Crippen molar-refractivity contribution in [2.75, 3.05) is 6.61 Å². The molecule has 3 nitrogen and oxygen atoms in total. The van der Waals surface area contributed by atoms with Crippen molar-refractivity contribution < 1.29 is 10.2 Å². The van der Waals surface area contributed by atoms with Gasteiger partial charge >= 0.3 is 0 Å². The Morgan fingerprint density at radius 1 is 0.905 bits per heavy atom. The van der Waals surface area contributed by atoms with Gasteiger partial charge in [0, 0.05) is 13.2 Å². The largest absolute Gasteiger partial charge is 0.396 e. The fourth-order valence-corrected chi connectivity index (χ4v) is 2.43. The highest BCUT2D eigenvalue weighted by atomic mass is 16.3. The third-order valence-corrected chi connectivity index (χ3v) is 3.57. The van der Waals surface area contributed by atoms with E-state index >= 15 is 0 Å². The van der Waals surface area contributed by atoms with E-state index in [1.165, 1.54) is 5.56 Å². The van der Waals surface area contributed by atoms with Crippen LogP contribution in [-0.2, 0) is 6.54 Å². The molecule has 2 aromatic carbocycles. The summed E-state index contributed by atoms with van der Waals surface area (Å²) >= 11 is 0. The van der Waals surface area contributed by atoms with Gasteiger partial charge in [-0.15, -0.1) is 0 Å². The van der Waals surface area contributed by atoms with Crippen molar-refractivity contribution in [3.8, 4) is 0 Å². The lowest BCUT2D eigenvalue weighted by molar-refractivity contribution is 0.107. The molecule has 3 heteroatoms. The molecule has 112 valence electrons. The number of hydrogen-bond donors (Lipinski definition) is 3. The summed E-state index contributed by atoms with van der Waals surface area (Å²) in [5, 5.41) is 22.8. The predicted molar refractivity (Wildman–Crippen MR) is 84.8 cm³/mol. The first-order chi connectivity index (χ1) is 10.3. The average molecular weight is 285 g/mol. The molecular weight excluding hydrogens is 262 g/mol. The second-order valence-electron chi connectivity index (χ2n) is 5.19. The zero-order valence-corrected chi connectivity index (χ0v) is 12.2. The topological polar surface area (TPSA) is 52.5 Å². The summed E-state index contributed by atoms with van der Waals surface area (Å²) in [5.41, 5.74) is 2.26. The van der Waals surface area contributed by atoms with E-state index < -0.39 is 6.10 Å². The van der Waals surface area contributed by atoms with Gasteiger partial charge in [0.25, 0.3) is 0 Å². The van der Waals surface area contributed by atoms with E-state index in [1.54, 1.807) is 0 Å². The van der Waals surface area contributed by atoms with E-state index in [2.05, 4.69) is 17.4 Å². The molecule has 2 atom stereocenters. The van der Waals surface area contributed by atoms with E-state index in [9.17, 15) is 5.11 Å². The Labute approximate surface area is 126 Å². The molecule has 0 radical (unpaired) electrons. The van der Waals surface area contributed by atoms with E-state index in [1.807, 2.05) is 48.5 Å². The Bertz CT molecular complexity index is 501. The van der Waals surface area contributed by atoms with Crippen molar-refractivity contribution in [3.05, 3.63) is 71.8 Å². The monoisotopic (exact) mass is 285 g/mol. The van der Waals surface area contributed by atoms with Crippen molar-refractivity contribution in [2.24, 2.45) is 0 Å². The maximum atomic E-state index is 10.4. The molecule has 0 bridgehead atoms. The van der Waals surface area contributed by atoms with Crippen molar-refractivity contribution in [1.29, 1.82) is 0 Å². The van der Waals surface area contributed by atoms with Crippen molar-refractivity contribution in [2.45, 2.75) is 31.5 Å². The lowest BCUT2D eigenvalue weighted by Crippen LogP contribution is -2.32. The van der Waals surface area contributed by atoms with Crippen molar-refractivity contribution >= 4 is 0 Å². The van der Waals surface area contributed by atoms with Gasteiger partial charge in [-0.2, -0.15) is 0 Å². The Hall–Kier alpha value is -1.68. The molecule has 0 aliphatic carbocycles. The lowest BCUT2D eigenvalue weighted by Gasteiger charge is -2.25. The second kappa shape index (κ2) is 8.57. The number of nitrogens with one attached hydrogen (secondary N) is 1. The van der Waals surface area contributed by atoms with E-state index in [0.29, 0.717) is 19.4 Å². The van der Waals surface area contributed by atoms with Crippen LogP contribution in [0, 0.1) is 0 Å². The van der Waals surface area contributed by atoms with Crippen LogP contribution in [0.25, 0.3) is 0 Å². The summed E-state index contributed by atoms with van der Waals surface area (Å²) in [6.07, 6.45) is 0.679. The van der Waals surface area contributed by atoms with Crippen LogP contribution in [0.15, 0.2) is 60.7 Å². The van der Waals surface area contributed by atoms with Crippen LogP contribution in [0.4, 0.5) is 0 Å². The first-order valence-corrected chi connectivity index (χ1v) is 7.42. The van der Waals surface area contributed by atoms with Gasteiger partial charge < -0.3 is 15.5 Å². The molecule has 0 heterocycles. The quantitative estimate of drug-likeness (QED) is 0.699. The number of rotatable bonds is 8. The molecular formula is C18H23NO2. The molecule has 0 amide bonds. The van der Waals surface area contributed by atoms with Crippen LogP contribution in [-0.4, -0.2) is 22.9 Å². The fourth-order valence-electron chi connectivity index (χ4n) is 2.43. The Morgan fingerprint density at radius 2 is 1.52 bits per heavy atom. The Morgan fingerprint density at radius 3 is 2.14 bits per heavy atom. The van der Waals surface area contributed by atoms with Gasteiger partial charge in [-0.3, -0.25) is 0 Å². The summed E-state index contributed by atoms with van der Waals surface area (Å²) in [6, 6.07) is 20.0. The highest BCUT2D eigenvalue weighted by Gasteiger charge is 2.20. The second-order valence-corrected chi connectivity index (χ2v) is 5.19. The maximum absolute atomic E-state index is 10.4. The van der Waals surface area contributed by atoms with E-state index in [-0.39, 0.29) is 12.6 Å². The van der Waals surface area contributed by atoms with Crippen LogP contribution in [0.2, 0.25) is 0 Å². The van der Waals surface area contributed by atoms with Gasteiger partial charge in [0.15, 0.2) is 0 Å². The standard InChI is InChI=1S/C18H23NO2/c20-13-7-12-17(21)18(16-10-5-2-6-11-16)19-14-15-8-3-1-4-9-15/h1-6,8-11,17-21H,7,12-14H2/t17-,18-/m0/s1. The van der Waals surface area contributed by atoms with Gasteiger partial charge in [-0.25, -0.2) is 0 Å². The van der Waals surface area contributed by atoms with Crippen molar-refractivity contribution in [3.63, 3.8) is 0 Å². The molecule has 0 saturated heterocycles. The average Bonchev–Trinajstić information content (AvgIpc) is 2.55. The first-order valence-electron chi connectivity index (χ1n) is 7.42. The highest BCUT2D eigenvalue weighted by Crippen LogP contribution is 2.20. The van der Waals surface area contributed by atoms with Crippen LogP contribution < -0.4 is 5.32 Å². The van der Waals surface area contributed by atoms with E-state index in [4.69, 9.17) is 5.11 Å². The van der Waals surface area contributed by atoms with Crippen LogP contribution >= 0.6 is 0 Å². The van der Waals surface area contributed by atoms with Gasteiger partial charge in [-0.05, 0) is 24.0 Å². The predicted octanol–water partition coefficient (Wildman–Crippen LogP) is 2.65. The third kappa shape index (κ3) is 4.97. The number of aliphatic hydroxyl groups excluding tert-OH is 2. The fraction of sp³-hybridized carbons (Fsp3) is 0.333. The molecule has 0 aromatic heterocycles. The maximum Gasteiger partial charge on any atom is 0.0735 e. The molecule has 3 N–H and O–H groups in total. The minimum absolute atomic E-state index is 0.108. The van der Waals surface area contributed by atoms with Crippen molar-refractivity contribution in [1.82, 2.24) is 5.32 Å². The number of benzene rings is 2. The SMILES string of the molecule is OCCC[C@H](O)[C@@H](NCc1ccccc1)c1ccccc1. The number of aliphatic hydroxyl groups is 2. The summed E-state index contributed by atoms with van der Waals surface area (Å²) in [6.45, 7) is 0.813. The molecule has 21 heavy (non-hydrogen) atoms. The third-order valence-electron chi connectivity index (χ3n) is 3.57. The van der Waals surface area contributed by atoms with Gasteiger partial charge in [0.1, 0.15) is 0 Å². The van der Waals surface area contributed by atoms with Crippen LogP contribution in [0.5, 0.6) is 0 Å². The summed E-state index contributed by atoms with van der Waals surface area (Å²) < 4.78 is 0. The Balaban J connectivity index is 2.05. The molecule has 0 fully saturated rings. The molecule has 2 rings (SSSR count). The van der Waals surface area contributed by atoms with Gasteiger partial charge in [-0.1, -0.05) is 60.7 Å². The summed E-state index contributed by atoms with van der Waals surface area (Å²) in [7, 11) is 0. The molecule has 2 aromatic rings. The lowest BCUT2D eigenvalue weighted by atomic mass is 9.98. The van der Waals surface area contributed by atoms with Crippen LogP contribution in [0.3, 0.4) is 0 Å². The molecule has 0 aliphatic rings. The summed E-state index contributed by atoms with van der Waals surface area (Å²) in [5.74, 6) is 0. The first kappa shape index (κ1) is 15.7. The van der Waals surface area contributed by atoms with Crippen LogP contribution in [0.1, 0.15) is 30.0 Å². The van der Waals surface area contributed by atoms with Gasteiger partial charge in [0.2, 0.25) is 0 Å². The molecule has 0 saturated carbocycles. The molecule has 0 spiro atoms. The highest BCUT2D eigenvalue weighted by molar-refractivity contribution is 5.21. The zero-order valence-electron chi connectivity index (χ0n) is 12.2. The van der Waals surface area contributed by atoms with E-state index in [0.717, 1.165) is 5.56 Å². The summed E-state index contributed by atoms with van der Waals surface area (Å²) in [4.78, 5) is 0. The zero-order chi connectivity index (χ0) is 14.9. The molecule has 0 unspecified atom stereocenters. The normalized spacial score (nSPS) is 13.8. The smallest absolute Gasteiger partial charge is 0.0735 e.